The van der Waals surface area contributed by atoms with Crippen molar-refractivity contribution in [2.75, 3.05) is 11.1 Å². The van der Waals surface area contributed by atoms with Crippen LogP contribution in [0.25, 0.3) is 0 Å². The number of hydrogen-bond acceptors (Lipinski definition) is 3. The van der Waals surface area contributed by atoms with Crippen molar-refractivity contribution in [3.63, 3.8) is 0 Å². The van der Waals surface area contributed by atoms with Crippen LogP contribution >= 0.6 is 11.6 Å². The number of rotatable bonds is 2. The third-order valence-corrected chi connectivity index (χ3v) is 2.88. The lowest BCUT2D eigenvalue weighted by atomic mass is 10.2. The molecular formula is C13H12ClN3O. The van der Waals surface area contributed by atoms with Gasteiger partial charge in [-0.1, -0.05) is 17.7 Å². The van der Waals surface area contributed by atoms with Crippen molar-refractivity contribution in [2.24, 2.45) is 0 Å². The number of carbonyl (C=O) groups is 1. The summed E-state index contributed by atoms with van der Waals surface area (Å²) in [5.74, 6) is 0.0635. The van der Waals surface area contributed by atoms with Crippen LogP contribution in [0, 0.1) is 6.92 Å². The van der Waals surface area contributed by atoms with E-state index in [0.717, 1.165) is 5.56 Å². The van der Waals surface area contributed by atoms with Gasteiger partial charge in [-0.2, -0.15) is 0 Å². The number of aromatic nitrogens is 1. The van der Waals surface area contributed by atoms with E-state index < -0.39 is 0 Å². The molecule has 0 aliphatic carbocycles. The lowest BCUT2D eigenvalue weighted by Gasteiger charge is -2.07. The number of benzene rings is 1. The summed E-state index contributed by atoms with van der Waals surface area (Å²) >= 11 is 5.99. The number of nitrogens with two attached hydrogens (primary N) is 1. The Balaban J connectivity index is 2.18. The molecular weight excluding hydrogens is 250 g/mol. The molecule has 0 fully saturated rings. The van der Waals surface area contributed by atoms with E-state index in [1.807, 2.05) is 13.0 Å². The quantitative estimate of drug-likeness (QED) is 0.873. The third kappa shape index (κ3) is 2.78. The van der Waals surface area contributed by atoms with Gasteiger partial charge in [-0.3, -0.25) is 4.79 Å². The number of halogens is 1. The van der Waals surface area contributed by atoms with Crippen molar-refractivity contribution in [2.45, 2.75) is 6.92 Å². The Labute approximate surface area is 110 Å². The third-order valence-electron chi connectivity index (χ3n) is 2.47. The molecule has 92 valence electrons. The highest BCUT2D eigenvalue weighted by Gasteiger charge is 2.07. The molecule has 0 spiro atoms. The first-order valence-corrected chi connectivity index (χ1v) is 5.73. The van der Waals surface area contributed by atoms with E-state index in [9.17, 15) is 4.79 Å². The van der Waals surface area contributed by atoms with Crippen molar-refractivity contribution < 1.29 is 4.79 Å². The average Bonchev–Trinajstić information content (AvgIpc) is 2.34. The van der Waals surface area contributed by atoms with Gasteiger partial charge in [0.25, 0.3) is 5.91 Å². The summed E-state index contributed by atoms with van der Waals surface area (Å²) in [6, 6.07) is 8.47. The zero-order valence-electron chi connectivity index (χ0n) is 9.77. The van der Waals surface area contributed by atoms with E-state index in [4.69, 9.17) is 17.3 Å². The fourth-order valence-corrected chi connectivity index (χ4v) is 1.64. The second kappa shape index (κ2) is 5.06. The molecule has 2 aromatic rings. The largest absolute Gasteiger partial charge is 0.384 e. The number of nitrogens with zero attached hydrogens (tertiary/aromatic N) is 1. The Kier molecular flexibility index (Phi) is 3.48. The summed E-state index contributed by atoms with van der Waals surface area (Å²) in [4.78, 5) is 15.8. The first-order valence-electron chi connectivity index (χ1n) is 5.35. The maximum absolute atomic E-state index is 11.9. The highest BCUT2D eigenvalue weighted by Crippen LogP contribution is 2.20. The van der Waals surface area contributed by atoms with E-state index >= 15 is 0 Å². The fraction of sp³-hybridized carbons (Fsp3) is 0.0769. The van der Waals surface area contributed by atoms with Gasteiger partial charge in [0, 0.05) is 22.5 Å². The van der Waals surface area contributed by atoms with E-state index in [1.165, 1.54) is 12.3 Å². The molecule has 0 unspecified atom stereocenters. The van der Waals surface area contributed by atoms with Crippen LogP contribution in [-0.2, 0) is 0 Å². The highest BCUT2D eigenvalue weighted by atomic mass is 35.5. The molecule has 1 aromatic heterocycles. The smallest absolute Gasteiger partial charge is 0.255 e. The van der Waals surface area contributed by atoms with E-state index in [0.29, 0.717) is 22.1 Å². The molecule has 1 aromatic carbocycles. The van der Waals surface area contributed by atoms with Gasteiger partial charge in [0.15, 0.2) is 0 Å². The van der Waals surface area contributed by atoms with Gasteiger partial charge in [0.05, 0.1) is 0 Å². The van der Waals surface area contributed by atoms with Crippen molar-refractivity contribution in [1.29, 1.82) is 0 Å². The van der Waals surface area contributed by atoms with Gasteiger partial charge in [-0.25, -0.2) is 4.98 Å². The second-order valence-electron chi connectivity index (χ2n) is 3.89. The fourth-order valence-electron chi connectivity index (χ4n) is 1.46. The van der Waals surface area contributed by atoms with Crippen molar-refractivity contribution in [3.05, 3.63) is 52.7 Å². The minimum absolute atomic E-state index is 0.246. The Morgan fingerprint density at radius 2 is 2.11 bits per heavy atom. The summed E-state index contributed by atoms with van der Waals surface area (Å²) < 4.78 is 0. The van der Waals surface area contributed by atoms with Crippen LogP contribution in [0.15, 0.2) is 36.5 Å². The topological polar surface area (TPSA) is 68.0 Å². The van der Waals surface area contributed by atoms with Gasteiger partial charge < -0.3 is 11.1 Å². The lowest BCUT2D eigenvalue weighted by Crippen LogP contribution is -2.12. The summed E-state index contributed by atoms with van der Waals surface area (Å²) in [6.45, 7) is 1.90. The maximum atomic E-state index is 11.9. The Morgan fingerprint density at radius 1 is 1.33 bits per heavy atom. The van der Waals surface area contributed by atoms with Gasteiger partial charge in [0.1, 0.15) is 5.82 Å². The molecule has 1 heterocycles. The Hall–Kier alpha value is -2.07. The Bertz CT molecular complexity index is 599. The number of nitrogens with one attached hydrogen (secondary N) is 1. The summed E-state index contributed by atoms with van der Waals surface area (Å²) in [5.41, 5.74) is 7.58. The van der Waals surface area contributed by atoms with Crippen LogP contribution in [0.3, 0.4) is 0 Å². The molecule has 0 radical (unpaired) electrons. The monoisotopic (exact) mass is 261 g/mol. The van der Waals surface area contributed by atoms with Gasteiger partial charge in [-0.05, 0) is 36.8 Å². The normalized spacial score (nSPS) is 10.1. The second-order valence-corrected chi connectivity index (χ2v) is 4.29. The van der Waals surface area contributed by atoms with Gasteiger partial charge >= 0.3 is 0 Å². The minimum Gasteiger partial charge on any atom is -0.384 e. The van der Waals surface area contributed by atoms with Crippen molar-refractivity contribution in [1.82, 2.24) is 4.98 Å². The van der Waals surface area contributed by atoms with Crippen LogP contribution in [-0.4, -0.2) is 10.9 Å². The molecule has 0 aliphatic rings. The van der Waals surface area contributed by atoms with Crippen LogP contribution in [0.2, 0.25) is 5.02 Å². The number of carbonyl (C=O) groups excluding carboxylic acids is 1. The number of anilines is 2. The summed E-state index contributed by atoms with van der Waals surface area (Å²) in [6.07, 6.45) is 1.49. The SMILES string of the molecule is Cc1ccc(NC(=O)c2ccnc(N)c2)cc1Cl. The number of pyridine rings is 1. The maximum Gasteiger partial charge on any atom is 0.255 e. The number of nitrogen functional groups attached to an aromatic ring is 1. The predicted octanol–water partition coefficient (Wildman–Crippen LogP) is 2.88. The van der Waals surface area contributed by atoms with E-state index in [1.54, 1.807) is 18.2 Å². The lowest BCUT2D eigenvalue weighted by molar-refractivity contribution is 0.102. The molecule has 1 amide bonds. The van der Waals surface area contributed by atoms with Crippen LogP contribution < -0.4 is 11.1 Å². The van der Waals surface area contributed by atoms with Crippen molar-refractivity contribution in [3.8, 4) is 0 Å². The number of aryl methyl sites for hydroxylation is 1. The first kappa shape index (κ1) is 12.4. The molecule has 0 atom stereocenters. The predicted molar refractivity (Wildman–Crippen MR) is 72.8 cm³/mol. The zero-order valence-corrected chi connectivity index (χ0v) is 10.5. The van der Waals surface area contributed by atoms with Crippen LogP contribution in [0.5, 0.6) is 0 Å². The minimum atomic E-state index is -0.246. The molecule has 2 rings (SSSR count). The average molecular weight is 262 g/mol. The zero-order chi connectivity index (χ0) is 13.1. The molecule has 0 aliphatic heterocycles. The van der Waals surface area contributed by atoms with Gasteiger partial charge in [-0.15, -0.1) is 0 Å². The van der Waals surface area contributed by atoms with E-state index in [-0.39, 0.29) is 5.91 Å². The molecule has 18 heavy (non-hydrogen) atoms. The first-order chi connectivity index (χ1) is 8.56. The van der Waals surface area contributed by atoms with Gasteiger partial charge in [0.2, 0.25) is 0 Å². The highest BCUT2D eigenvalue weighted by molar-refractivity contribution is 6.31. The molecule has 0 bridgehead atoms. The number of hydrogen-bond donors (Lipinski definition) is 2. The van der Waals surface area contributed by atoms with Crippen molar-refractivity contribution >= 4 is 29.0 Å². The molecule has 4 nitrogen and oxygen atoms in total. The standard InChI is InChI=1S/C13H12ClN3O/c1-8-2-3-10(7-11(8)14)17-13(18)9-4-5-16-12(15)6-9/h2-7H,1H3,(H2,15,16)(H,17,18). The van der Waals surface area contributed by atoms with E-state index in [2.05, 4.69) is 10.3 Å². The molecule has 3 N–H and O–H groups in total. The molecule has 0 saturated carbocycles. The van der Waals surface area contributed by atoms with Crippen LogP contribution in [0.4, 0.5) is 11.5 Å². The number of amides is 1. The Morgan fingerprint density at radius 3 is 2.78 bits per heavy atom. The summed E-state index contributed by atoms with van der Waals surface area (Å²) in [5, 5.41) is 3.36. The molecule has 5 heteroatoms. The summed E-state index contributed by atoms with van der Waals surface area (Å²) in [7, 11) is 0. The van der Waals surface area contributed by atoms with Crippen LogP contribution in [0.1, 0.15) is 15.9 Å². The molecule has 0 saturated heterocycles.